The van der Waals surface area contributed by atoms with Gasteiger partial charge in [0.1, 0.15) is 0 Å². The largest absolute Gasteiger partial charge is 0.397 e. The van der Waals surface area contributed by atoms with E-state index in [1.54, 1.807) is 0 Å². The van der Waals surface area contributed by atoms with E-state index >= 15 is 0 Å². The van der Waals surface area contributed by atoms with Crippen molar-refractivity contribution in [3.05, 3.63) is 24.3 Å². The summed E-state index contributed by atoms with van der Waals surface area (Å²) >= 11 is 0. The molecule has 1 saturated heterocycles. The number of benzene rings is 1. The van der Waals surface area contributed by atoms with Gasteiger partial charge in [-0.25, -0.2) is 0 Å². The molecule has 1 heterocycles. The van der Waals surface area contributed by atoms with E-state index in [2.05, 4.69) is 36.2 Å². The minimum Gasteiger partial charge on any atom is -0.397 e. The lowest BCUT2D eigenvalue weighted by atomic mass is 9.47. The molecule has 5 rings (SSSR count). The van der Waals surface area contributed by atoms with Crippen molar-refractivity contribution in [1.29, 1.82) is 0 Å². The SMILES string of the molecule is CC1(C)C2CC(CN3CCC(Nc4ccccc4N)CC3)CC1C2. The Labute approximate surface area is 147 Å². The van der Waals surface area contributed by atoms with Gasteiger partial charge in [-0.05, 0) is 67.4 Å². The van der Waals surface area contributed by atoms with Crippen molar-refractivity contribution in [2.75, 3.05) is 30.7 Å². The summed E-state index contributed by atoms with van der Waals surface area (Å²) < 4.78 is 0. The topological polar surface area (TPSA) is 41.3 Å². The second-order valence-electron chi connectivity index (χ2n) is 9.09. The molecule has 0 amide bonds. The van der Waals surface area contributed by atoms with Crippen LogP contribution in [-0.2, 0) is 0 Å². The van der Waals surface area contributed by atoms with Crippen LogP contribution in [-0.4, -0.2) is 30.6 Å². The van der Waals surface area contributed by atoms with Crippen molar-refractivity contribution >= 4 is 11.4 Å². The van der Waals surface area contributed by atoms with E-state index in [4.69, 9.17) is 5.73 Å². The maximum atomic E-state index is 6.05. The predicted octanol–water partition coefficient (Wildman–Crippen LogP) is 4.22. The first-order valence-corrected chi connectivity index (χ1v) is 9.85. The number of likely N-dealkylation sites (tertiary alicyclic amines) is 1. The van der Waals surface area contributed by atoms with Crippen LogP contribution in [0.3, 0.4) is 0 Å². The number of nitrogens with one attached hydrogen (secondary N) is 1. The fourth-order valence-corrected chi connectivity index (χ4v) is 5.45. The Kier molecular flexibility index (Phi) is 4.24. The van der Waals surface area contributed by atoms with Crippen LogP contribution in [0.2, 0.25) is 0 Å². The molecule has 2 unspecified atom stereocenters. The van der Waals surface area contributed by atoms with Crippen LogP contribution in [0.4, 0.5) is 11.4 Å². The van der Waals surface area contributed by atoms with Crippen LogP contribution < -0.4 is 11.1 Å². The van der Waals surface area contributed by atoms with Gasteiger partial charge in [-0.1, -0.05) is 26.0 Å². The van der Waals surface area contributed by atoms with Gasteiger partial charge in [0.2, 0.25) is 0 Å². The molecule has 0 radical (unpaired) electrons. The van der Waals surface area contributed by atoms with Gasteiger partial charge in [0.25, 0.3) is 0 Å². The summed E-state index contributed by atoms with van der Waals surface area (Å²) in [7, 11) is 0. The monoisotopic (exact) mass is 327 g/mol. The lowest BCUT2D eigenvalue weighted by molar-refractivity contribution is -0.0950. The molecule has 132 valence electrons. The molecule has 1 aromatic carbocycles. The first kappa shape index (κ1) is 16.3. The number of anilines is 2. The van der Waals surface area contributed by atoms with Gasteiger partial charge < -0.3 is 16.0 Å². The minimum atomic E-state index is 0.574. The average molecular weight is 328 g/mol. The highest BCUT2D eigenvalue weighted by Crippen LogP contribution is 2.60. The summed E-state index contributed by atoms with van der Waals surface area (Å²) in [6, 6.07) is 8.71. The van der Waals surface area contributed by atoms with Crippen molar-refractivity contribution in [2.24, 2.45) is 23.2 Å². The Bertz CT molecular complexity index is 560. The number of fused-ring (bicyclic) bond motifs is 2. The van der Waals surface area contributed by atoms with Gasteiger partial charge in [-0.2, -0.15) is 0 Å². The van der Waals surface area contributed by atoms with E-state index in [-0.39, 0.29) is 0 Å². The summed E-state index contributed by atoms with van der Waals surface area (Å²) in [6.07, 6.45) is 6.93. The highest BCUT2D eigenvalue weighted by molar-refractivity contribution is 5.65. The van der Waals surface area contributed by atoms with E-state index in [1.807, 2.05) is 12.1 Å². The summed E-state index contributed by atoms with van der Waals surface area (Å²) in [6.45, 7) is 8.80. The number of nitrogens with two attached hydrogens (primary N) is 1. The molecule has 0 spiro atoms. The molecule has 1 aliphatic heterocycles. The van der Waals surface area contributed by atoms with Crippen LogP contribution in [0.5, 0.6) is 0 Å². The molecule has 0 aromatic heterocycles. The van der Waals surface area contributed by atoms with E-state index in [0.29, 0.717) is 11.5 Å². The van der Waals surface area contributed by atoms with E-state index in [1.165, 1.54) is 51.7 Å². The normalized spacial score (nSPS) is 33.0. The van der Waals surface area contributed by atoms with Crippen LogP contribution in [0.15, 0.2) is 24.3 Å². The van der Waals surface area contributed by atoms with Crippen molar-refractivity contribution in [1.82, 2.24) is 4.90 Å². The second kappa shape index (κ2) is 6.25. The molecule has 3 N–H and O–H groups in total. The number of nitrogens with zero attached hydrogens (tertiary/aromatic N) is 1. The van der Waals surface area contributed by atoms with Crippen molar-refractivity contribution in [3.8, 4) is 0 Å². The molecule has 3 heteroatoms. The highest BCUT2D eigenvalue weighted by atomic mass is 15.1. The summed E-state index contributed by atoms with van der Waals surface area (Å²) in [4.78, 5) is 2.72. The average Bonchev–Trinajstić information content (AvgIpc) is 2.59. The number of nitrogen functional groups attached to an aromatic ring is 1. The third kappa shape index (κ3) is 3.03. The van der Waals surface area contributed by atoms with Crippen molar-refractivity contribution in [2.45, 2.75) is 52.0 Å². The van der Waals surface area contributed by atoms with Gasteiger partial charge in [-0.15, -0.1) is 0 Å². The molecule has 4 fully saturated rings. The summed E-state index contributed by atoms with van der Waals surface area (Å²) in [5.74, 6) is 2.96. The maximum absolute atomic E-state index is 6.05. The minimum absolute atomic E-state index is 0.574. The molecular weight excluding hydrogens is 294 g/mol. The van der Waals surface area contributed by atoms with Gasteiger partial charge in [0, 0.05) is 25.7 Å². The number of piperidine rings is 1. The number of rotatable bonds is 4. The fraction of sp³-hybridized carbons (Fsp3) is 0.714. The molecular formula is C21H33N3. The van der Waals surface area contributed by atoms with Gasteiger partial charge in [0.15, 0.2) is 0 Å². The second-order valence-corrected chi connectivity index (χ2v) is 9.09. The smallest absolute Gasteiger partial charge is 0.0576 e. The van der Waals surface area contributed by atoms with Gasteiger partial charge >= 0.3 is 0 Å². The molecule has 3 aliphatic carbocycles. The van der Waals surface area contributed by atoms with Gasteiger partial charge in [-0.3, -0.25) is 0 Å². The lowest BCUT2D eigenvalue weighted by Crippen LogP contribution is -2.52. The molecule has 24 heavy (non-hydrogen) atoms. The van der Waals surface area contributed by atoms with E-state index in [9.17, 15) is 0 Å². The third-order valence-corrected chi connectivity index (χ3v) is 7.33. The molecule has 3 saturated carbocycles. The molecule has 2 bridgehead atoms. The first-order chi connectivity index (χ1) is 11.5. The Morgan fingerprint density at radius 3 is 2.38 bits per heavy atom. The summed E-state index contributed by atoms with van der Waals surface area (Å²) in [5, 5.41) is 3.65. The standard InChI is InChI=1S/C21H33N3/c1-21(2)16-11-15(12-17(21)13-16)14-24-9-7-18(8-10-24)23-20-6-4-3-5-19(20)22/h3-6,15-18,23H,7-14,22H2,1-2H3. The predicted molar refractivity (Wildman–Crippen MR) is 102 cm³/mol. The Balaban J connectivity index is 1.23. The zero-order valence-corrected chi connectivity index (χ0v) is 15.3. The van der Waals surface area contributed by atoms with Crippen molar-refractivity contribution < 1.29 is 0 Å². The summed E-state index contributed by atoms with van der Waals surface area (Å²) in [5.41, 5.74) is 8.66. The fourth-order valence-electron chi connectivity index (χ4n) is 5.45. The number of para-hydroxylation sites is 2. The number of hydrogen-bond donors (Lipinski definition) is 2. The van der Waals surface area contributed by atoms with Gasteiger partial charge in [0.05, 0.1) is 11.4 Å². The molecule has 4 aliphatic rings. The maximum Gasteiger partial charge on any atom is 0.0576 e. The molecule has 1 aromatic rings. The Morgan fingerprint density at radius 2 is 1.75 bits per heavy atom. The molecule has 3 nitrogen and oxygen atoms in total. The third-order valence-electron chi connectivity index (χ3n) is 7.33. The highest BCUT2D eigenvalue weighted by Gasteiger charge is 2.52. The molecule has 2 atom stereocenters. The van der Waals surface area contributed by atoms with Crippen LogP contribution in [0.25, 0.3) is 0 Å². The van der Waals surface area contributed by atoms with E-state index in [0.717, 1.165) is 29.1 Å². The van der Waals surface area contributed by atoms with Crippen LogP contribution >= 0.6 is 0 Å². The Hall–Kier alpha value is -1.22. The Morgan fingerprint density at radius 1 is 1.08 bits per heavy atom. The van der Waals surface area contributed by atoms with E-state index < -0.39 is 0 Å². The quantitative estimate of drug-likeness (QED) is 0.814. The number of hydrogen-bond acceptors (Lipinski definition) is 3. The van der Waals surface area contributed by atoms with Crippen LogP contribution in [0.1, 0.15) is 46.0 Å². The van der Waals surface area contributed by atoms with Crippen LogP contribution in [0, 0.1) is 23.2 Å². The zero-order valence-electron chi connectivity index (χ0n) is 15.3. The van der Waals surface area contributed by atoms with Crippen molar-refractivity contribution in [3.63, 3.8) is 0 Å². The zero-order chi connectivity index (χ0) is 16.7. The lowest BCUT2D eigenvalue weighted by Gasteiger charge is -2.59. The first-order valence-electron chi connectivity index (χ1n) is 9.85.